The van der Waals surface area contributed by atoms with Crippen LogP contribution in [0.4, 0.5) is 4.79 Å². The molecule has 4 rings (SSSR count). The third kappa shape index (κ3) is 3.49. The minimum absolute atomic E-state index is 0.0428. The molecule has 3 heterocycles. The predicted octanol–water partition coefficient (Wildman–Crippen LogP) is 1.90. The zero-order valence-electron chi connectivity index (χ0n) is 13.8. The third-order valence-corrected chi connectivity index (χ3v) is 6.70. The number of carbonyl (C=O) groups is 1. The molecule has 2 amide bonds. The Balaban J connectivity index is 1.42. The maximum atomic E-state index is 12.5. The lowest BCUT2D eigenvalue weighted by molar-refractivity contribution is 0.172. The van der Waals surface area contributed by atoms with Gasteiger partial charge in [0.15, 0.2) is 21.3 Å². The monoisotopic (exact) mass is 363 g/mol. The summed E-state index contributed by atoms with van der Waals surface area (Å²) in [5.41, 5.74) is 1.59. The zero-order valence-corrected chi connectivity index (χ0v) is 14.7. The molecule has 134 valence electrons. The highest BCUT2D eigenvalue weighted by atomic mass is 32.2. The minimum atomic E-state index is -3.00. The van der Waals surface area contributed by atoms with Gasteiger partial charge in [0.25, 0.3) is 0 Å². The number of urea groups is 1. The summed E-state index contributed by atoms with van der Waals surface area (Å²) in [6.45, 7) is 1.21. The number of carbonyl (C=O) groups excluding carboxylic acids is 1. The van der Waals surface area contributed by atoms with E-state index in [4.69, 9.17) is 4.42 Å². The number of hydrogen-bond donors (Lipinski definition) is 1. The molecule has 1 aromatic heterocycles. The maximum Gasteiger partial charge on any atom is 0.317 e. The van der Waals surface area contributed by atoms with Crippen LogP contribution in [0.2, 0.25) is 0 Å². The summed E-state index contributed by atoms with van der Waals surface area (Å²) >= 11 is 0. The van der Waals surface area contributed by atoms with Gasteiger partial charge >= 0.3 is 6.03 Å². The Morgan fingerprint density at radius 1 is 1.28 bits per heavy atom. The van der Waals surface area contributed by atoms with Crippen molar-refractivity contribution in [3.63, 3.8) is 0 Å². The summed E-state index contributed by atoms with van der Waals surface area (Å²) in [5.74, 6) is 0.936. The van der Waals surface area contributed by atoms with Crippen molar-refractivity contribution in [3.8, 4) is 0 Å². The molecule has 2 atom stereocenters. The Morgan fingerprint density at radius 2 is 2.12 bits per heavy atom. The van der Waals surface area contributed by atoms with Crippen molar-refractivity contribution in [1.29, 1.82) is 0 Å². The van der Waals surface area contributed by atoms with E-state index in [9.17, 15) is 13.2 Å². The molecule has 0 radical (unpaired) electrons. The number of aromatic nitrogens is 1. The van der Waals surface area contributed by atoms with Gasteiger partial charge in [-0.05, 0) is 31.4 Å². The fourth-order valence-electron chi connectivity index (χ4n) is 3.60. The Morgan fingerprint density at radius 3 is 2.88 bits per heavy atom. The predicted molar refractivity (Wildman–Crippen MR) is 93.1 cm³/mol. The van der Waals surface area contributed by atoms with Crippen LogP contribution in [0, 0.1) is 0 Å². The fourth-order valence-corrected chi connectivity index (χ4v) is 5.28. The van der Waals surface area contributed by atoms with Crippen LogP contribution in [0.3, 0.4) is 0 Å². The number of rotatable bonds is 2. The molecule has 0 aliphatic carbocycles. The average molecular weight is 363 g/mol. The van der Waals surface area contributed by atoms with Crippen LogP contribution < -0.4 is 5.32 Å². The first kappa shape index (κ1) is 16.4. The SMILES string of the molecule is O=C(NC1CCS(=O)(=O)C1)N1CCCC(c2nc3ccccc3o2)C1. The molecule has 0 bridgehead atoms. The number of likely N-dealkylation sites (tertiary alicyclic amines) is 1. The van der Waals surface area contributed by atoms with Crippen LogP contribution in [0.15, 0.2) is 28.7 Å². The Labute approximate surface area is 146 Å². The van der Waals surface area contributed by atoms with Gasteiger partial charge in [0, 0.05) is 19.1 Å². The van der Waals surface area contributed by atoms with Crippen molar-refractivity contribution < 1.29 is 17.6 Å². The van der Waals surface area contributed by atoms with Crippen LogP contribution >= 0.6 is 0 Å². The van der Waals surface area contributed by atoms with E-state index < -0.39 is 9.84 Å². The molecule has 8 heteroatoms. The van der Waals surface area contributed by atoms with E-state index >= 15 is 0 Å². The fraction of sp³-hybridized carbons (Fsp3) is 0.529. The highest BCUT2D eigenvalue weighted by Crippen LogP contribution is 2.29. The van der Waals surface area contributed by atoms with Crippen LogP contribution in [-0.2, 0) is 9.84 Å². The Kier molecular flexibility index (Phi) is 4.15. The molecule has 2 saturated heterocycles. The van der Waals surface area contributed by atoms with Gasteiger partial charge in [-0.15, -0.1) is 0 Å². The van der Waals surface area contributed by atoms with Crippen molar-refractivity contribution in [2.45, 2.75) is 31.2 Å². The lowest BCUT2D eigenvalue weighted by Gasteiger charge is -2.32. The standard InChI is InChI=1S/C17H21N3O4S/c21-17(18-13-7-9-25(22,23)11-13)20-8-3-4-12(10-20)16-19-14-5-1-2-6-15(14)24-16/h1-2,5-6,12-13H,3-4,7-11H2,(H,18,21). The summed E-state index contributed by atoms with van der Waals surface area (Å²) in [4.78, 5) is 18.8. The van der Waals surface area contributed by atoms with Gasteiger partial charge in [-0.1, -0.05) is 12.1 Å². The smallest absolute Gasteiger partial charge is 0.317 e. The van der Waals surface area contributed by atoms with E-state index in [0.29, 0.717) is 25.4 Å². The van der Waals surface area contributed by atoms with E-state index in [1.165, 1.54) is 0 Å². The maximum absolute atomic E-state index is 12.5. The van der Waals surface area contributed by atoms with Gasteiger partial charge in [-0.2, -0.15) is 0 Å². The summed E-state index contributed by atoms with van der Waals surface area (Å²) in [6.07, 6.45) is 2.30. The third-order valence-electron chi connectivity index (χ3n) is 4.93. The molecule has 2 aromatic rings. The van der Waals surface area contributed by atoms with Gasteiger partial charge in [0.2, 0.25) is 0 Å². The average Bonchev–Trinajstić information content (AvgIpc) is 3.18. The highest BCUT2D eigenvalue weighted by Gasteiger charge is 2.32. The molecule has 0 spiro atoms. The van der Waals surface area contributed by atoms with Crippen molar-refractivity contribution in [2.75, 3.05) is 24.6 Å². The second kappa shape index (κ2) is 6.33. The second-order valence-electron chi connectivity index (χ2n) is 6.85. The normalized spacial score (nSPS) is 26.0. The van der Waals surface area contributed by atoms with E-state index in [1.54, 1.807) is 4.90 Å². The van der Waals surface area contributed by atoms with Crippen molar-refractivity contribution in [3.05, 3.63) is 30.2 Å². The number of piperidine rings is 1. The largest absolute Gasteiger partial charge is 0.440 e. The molecule has 1 aromatic carbocycles. The zero-order chi connectivity index (χ0) is 17.4. The molecule has 2 unspecified atom stereocenters. The molecule has 25 heavy (non-hydrogen) atoms. The van der Waals surface area contributed by atoms with Crippen molar-refractivity contribution >= 4 is 27.0 Å². The number of nitrogens with zero attached hydrogens (tertiary/aromatic N) is 2. The molecule has 0 saturated carbocycles. The number of hydrogen-bond acceptors (Lipinski definition) is 5. The second-order valence-corrected chi connectivity index (χ2v) is 9.08. The number of oxazole rings is 1. The van der Waals surface area contributed by atoms with Gasteiger partial charge in [-0.25, -0.2) is 18.2 Å². The quantitative estimate of drug-likeness (QED) is 0.880. The first-order chi connectivity index (χ1) is 12.0. The number of nitrogens with one attached hydrogen (secondary N) is 1. The number of benzene rings is 1. The van der Waals surface area contributed by atoms with Gasteiger partial charge in [0.1, 0.15) is 5.52 Å². The highest BCUT2D eigenvalue weighted by molar-refractivity contribution is 7.91. The van der Waals surface area contributed by atoms with Gasteiger partial charge in [0.05, 0.1) is 17.4 Å². The van der Waals surface area contributed by atoms with E-state index in [0.717, 1.165) is 23.9 Å². The first-order valence-corrected chi connectivity index (χ1v) is 10.4. The molecule has 2 fully saturated rings. The van der Waals surface area contributed by atoms with E-state index in [-0.39, 0.29) is 29.5 Å². The summed E-state index contributed by atoms with van der Waals surface area (Å²) in [7, 11) is -3.00. The van der Waals surface area contributed by atoms with E-state index in [1.807, 2.05) is 24.3 Å². The summed E-state index contributed by atoms with van der Waals surface area (Å²) in [6, 6.07) is 7.17. The molecule has 1 N–H and O–H groups in total. The van der Waals surface area contributed by atoms with Crippen LogP contribution in [0.1, 0.15) is 31.1 Å². The van der Waals surface area contributed by atoms with Crippen LogP contribution in [0.25, 0.3) is 11.1 Å². The summed E-state index contributed by atoms with van der Waals surface area (Å²) in [5, 5.41) is 2.86. The topological polar surface area (TPSA) is 92.5 Å². The number of sulfone groups is 1. The van der Waals surface area contributed by atoms with Gasteiger partial charge in [-0.3, -0.25) is 0 Å². The Hall–Kier alpha value is -2.09. The number of fused-ring (bicyclic) bond motifs is 1. The molecular formula is C17H21N3O4S. The van der Waals surface area contributed by atoms with Crippen molar-refractivity contribution in [1.82, 2.24) is 15.2 Å². The molecular weight excluding hydrogens is 342 g/mol. The minimum Gasteiger partial charge on any atom is -0.440 e. The van der Waals surface area contributed by atoms with Gasteiger partial charge < -0.3 is 14.6 Å². The first-order valence-electron chi connectivity index (χ1n) is 8.61. The summed E-state index contributed by atoms with van der Waals surface area (Å²) < 4.78 is 28.9. The lowest BCUT2D eigenvalue weighted by Crippen LogP contribution is -2.48. The molecule has 2 aliphatic rings. The number of para-hydroxylation sites is 2. The number of amides is 2. The molecule has 7 nitrogen and oxygen atoms in total. The van der Waals surface area contributed by atoms with Crippen LogP contribution in [-0.4, -0.2) is 55.0 Å². The lowest BCUT2D eigenvalue weighted by atomic mass is 9.98. The Bertz CT molecular complexity index is 859. The molecule has 2 aliphatic heterocycles. The van der Waals surface area contributed by atoms with E-state index in [2.05, 4.69) is 10.3 Å². The van der Waals surface area contributed by atoms with Crippen LogP contribution in [0.5, 0.6) is 0 Å². The van der Waals surface area contributed by atoms with Crippen molar-refractivity contribution in [2.24, 2.45) is 0 Å².